The Balaban J connectivity index is 2.08. The van der Waals surface area contributed by atoms with Gasteiger partial charge in [-0.15, -0.1) is 0 Å². The molecule has 0 aromatic carbocycles. The molecule has 2 saturated carbocycles. The Morgan fingerprint density at radius 2 is 2.22 bits per heavy atom. The molecule has 50 valence electrons. The van der Waals surface area contributed by atoms with Gasteiger partial charge in [0.05, 0.1) is 6.10 Å². The predicted octanol–water partition coefficient (Wildman–Crippen LogP) is 0.346. The van der Waals surface area contributed by atoms with Crippen molar-refractivity contribution in [3.8, 4) is 0 Å². The van der Waals surface area contributed by atoms with Gasteiger partial charge in [-0.05, 0) is 18.8 Å². The number of hydrogen-bond donors (Lipinski definition) is 1. The van der Waals surface area contributed by atoms with E-state index in [9.17, 15) is 4.79 Å². The molecule has 2 rings (SSSR count). The Morgan fingerprint density at radius 1 is 1.44 bits per heavy atom. The minimum absolute atomic E-state index is 0.175. The van der Waals surface area contributed by atoms with Gasteiger partial charge in [-0.25, -0.2) is 0 Å². The summed E-state index contributed by atoms with van der Waals surface area (Å²) in [6.45, 7) is 0. The normalized spacial score (nSPS) is 48.6. The standard InChI is InChI=1S/C7H10O2/c8-5-1-4-2-7(9)6(4)3-5/h4-6,8H,1-3H2. The van der Waals surface area contributed by atoms with Gasteiger partial charge in [-0.3, -0.25) is 4.79 Å². The smallest absolute Gasteiger partial charge is 0.136 e. The summed E-state index contributed by atoms with van der Waals surface area (Å²) in [7, 11) is 0. The molecule has 9 heavy (non-hydrogen) atoms. The average Bonchev–Trinajstić information content (AvgIpc) is 2.08. The van der Waals surface area contributed by atoms with Crippen molar-refractivity contribution in [1.29, 1.82) is 0 Å². The number of ketones is 1. The van der Waals surface area contributed by atoms with Crippen LogP contribution in [0.3, 0.4) is 0 Å². The highest BCUT2D eigenvalue weighted by atomic mass is 16.3. The van der Waals surface area contributed by atoms with Crippen LogP contribution in [0.2, 0.25) is 0 Å². The van der Waals surface area contributed by atoms with Crippen LogP contribution in [0.5, 0.6) is 0 Å². The predicted molar refractivity (Wildman–Crippen MR) is 31.8 cm³/mol. The average molecular weight is 126 g/mol. The Kier molecular flexibility index (Phi) is 0.943. The molecule has 2 fully saturated rings. The zero-order valence-corrected chi connectivity index (χ0v) is 5.21. The lowest BCUT2D eigenvalue weighted by Gasteiger charge is -2.27. The van der Waals surface area contributed by atoms with Gasteiger partial charge in [-0.2, -0.15) is 0 Å². The van der Waals surface area contributed by atoms with Crippen molar-refractivity contribution in [1.82, 2.24) is 0 Å². The highest BCUT2D eigenvalue weighted by Crippen LogP contribution is 2.43. The van der Waals surface area contributed by atoms with E-state index < -0.39 is 0 Å². The first-order valence-electron chi connectivity index (χ1n) is 3.48. The molecule has 0 bridgehead atoms. The third-order valence-corrected chi connectivity index (χ3v) is 2.55. The summed E-state index contributed by atoms with van der Waals surface area (Å²) in [4.78, 5) is 10.7. The van der Waals surface area contributed by atoms with Crippen LogP contribution in [-0.2, 0) is 4.79 Å². The second-order valence-corrected chi connectivity index (χ2v) is 3.16. The maximum Gasteiger partial charge on any atom is 0.136 e. The van der Waals surface area contributed by atoms with Crippen LogP contribution >= 0.6 is 0 Å². The number of aliphatic hydroxyl groups is 1. The molecule has 1 N–H and O–H groups in total. The molecule has 0 aliphatic heterocycles. The van der Waals surface area contributed by atoms with Gasteiger partial charge in [0.1, 0.15) is 5.78 Å². The number of Topliss-reactive ketones (excluding diaryl/α,β-unsaturated/α-hetero) is 1. The zero-order valence-electron chi connectivity index (χ0n) is 5.21. The SMILES string of the molecule is O=C1CC2CC(O)CC12. The first-order chi connectivity index (χ1) is 4.27. The zero-order chi connectivity index (χ0) is 6.43. The maximum absolute atomic E-state index is 10.7. The maximum atomic E-state index is 10.7. The fourth-order valence-electron chi connectivity index (χ4n) is 1.96. The largest absolute Gasteiger partial charge is 0.393 e. The monoisotopic (exact) mass is 126 g/mol. The number of hydrogen-bond acceptors (Lipinski definition) is 2. The summed E-state index contributed by atoms with van der Waals surface area (Å²) in [6, 6.07) is 0. The Bertz CT molecular complexity index is 153. The molecule has 0 aromatic rings. The fraction of sp³-hybridized carbons (Fsp3) is 0.857. The van der Waals surface area contributed by atoms with Crippen LogP contribution in [0.15, 0.2) is 0 Å². The van der Waals surface area contributed by atoms with E-state index in [1.165, 1.54) is 0 Å². The van der Waals surface area contributed by atoms with Crippen molar-refractivity contribution in [2.45, 2.75) is 25.4 Å². The lowest BCUT2D eigenvalue weighted by molar-refractivity contribution is -0.132. The number of carbonyl (C=O) groups is 1. The molecule has 0 saturated heterocycles. The molecule has 3 unspecified atom stereocenters. The van der Waals surface area contributed by atoms with E-state index in [2.05, 4.69) is 0 Å². The summed E-state index contributed by atoms with van der Waals surface area (Å²) in [6.07, 6.45) is 2.17. The Hall–Kier alpha value is -0.370. The summed E-state index contributed by atoms with van der Waals surface area (Å²) in [5.74, 6) is 1.17. The number of carbonyl (C=O) groups excluding carboxylic acids is 1. The van der Waals surface area contributed by atoms with Crippen molar-refractivity contribution >= 4 is 5.78 Å². The molecule has 0 radical (unpaired) electrons. The molecule has 2 heteroatoms. The Labute approximate surface area is 53.9 Å². The van der Waals surface area contributed by atoms with Gasteiger partial charge >= 0.3 is 0 Å². The van der Waals surface area contributed by atoms with Gasteiger partial charge in [0.25, 0.3) is 0 Å². The molecule has 2 aliphatic rings. The molecule has 3 atom stereocenters. The number of rotatable bonds is 0. The second-order valence-electron chi connectivity index (χ2n) is 3.16. The van der Waals surface area contributed by atoms with Crippen molar-refractivity contribution < 1.29 is 9.90 Å². The van der Waals surface area contributed by atoms with E-state index in [0.717, 1.165) is 19.3 Å². The lowest BCUT2D eigenvalue weighted by Crippen LogP contribution is -2.32. The third kappa shape index (κ3) is 0.628. The summed E-state index contributed by atoms with van der Waals surface area (Å²) in [5.41, 5.74) is 0. The van der Waals surface area contributed by atoms with Crippen LogP contribution in [0.25, 0.3) is 0 Å². The van der Waals surface area contributed by atoms with Crippen LogP contribution in [0.1, 0.15) is 19.3 Å². The topological polar surface area (TPSA) is 37.3 Å². The molecular weight excluding hydrogens is 116 g/mol. The quantitative estimate of drug-likeness (QED) is 0.508. The highest BCUT2D eigenvalue weighted by molar-refractivity contribution is 5.87. The molecule has 0 amide bonds. The first-order valence-corrected chi connectivity index (χ1v) is 3.48. The summed E-state index contributed by atoms with van der Waals surface area (Å²) in [5, 5.41) is 9.08. The van der Waals surface area contributed by atoms with E-state index in [1.807, 2.05) is 0 Å². The minimum Gasteiger partial charge on any atom is -0.393 e. The van der Waals surface area contributed by atoms with E-state index in [-0.39, 0.29) is 12.0 Å². The minimum atomic E-state index is -0.175. The molecule has 0 heterocycles. The summed E-state index contributed by atoms with van der Waals surface area (Å²) < 4.78 is 0. The molecule has 0 spiro atoms. The Morgan fingerprint density at radius 3 is 2.67 bits per heavy atom. The van der Waals surface area contributed by atoms with Gasteiger partial charge < -0.3 is 5.11 Å². The van der Waals surface area contributed by atoms with Crippen molar-refractivity contribution in [3.05, 3.63) is 0 Å². The van der Waals surface area contributed by atoms with E-state index in [1.54, 1.807) is 0 Å². The van der Waals surface area contributed by atoms with Crippen molar-refractivity contribution in [3.63, 3.8) is 0 Å². The molecular formula is C7H10O2. The van der Waals surface area contributed by atoms with E-state index in [4.69, 9.17) is 5.11 Å². The first kappa shape index (κ1) is 5.42. The van der Waals surface area contributed by atoms with Crippen molar-refractivity contribution in [2.24, 2.45) is 11.8 Å². The fourth-order valence-corrected chi connectivity index (χ4v) is 1.96. The second kappa shape index (κ2) is 1.57. The van der Waals surface area contributed by atoms with Gasteiger partial charge in [0.15, 0.2) is 0 Å². The highest BCUT2D eigenvalue weighted by Gasteiger charge is 2.46. The number of fused-ring (bicyclic) bond motifs is 1. The lowest BCUT2D eigenvalue weighted by atomic mass is 9.75. The third-order valence-electron chi connectivity index (χ3n) is 2.55. The number of aliphatic hydroxyl groups excluding tert-OH is 1. The van der Waals surface area contributed by atoms with Gasteiger partial charge in [-0.1, -0.05) is 0 Å². The van der Waals surface area contributed by atoms with E-state index in [0.29, 0.717) is 11.7 Å². The van der Waals surface area contributed by atoms with Crippen LogP contribution in [-0.4, -0.2) is 17.0 Å². The van der Waals surface area contributed by atoms with Gasteiger partial charge in [0.2, 0.25) is 0 Å². The van der Waals surface area contributed by atoms with Crippen LogP contribution in [0, 0.1) is 11.8 Å². The van der Waals surface area contributed by atoms with Crippen LogP contribution < -0.4 is 0 Å². The summed E-state index contributed by atoms with van der Waals surface area (Å²) >= 11 is 0. The van der Waals surface area contributed by atoms with Crippen LogP contribution in [0.4, 0.5) is 0 Å². The van der Waals surface area contributed by atoms with Crippen molar-refractivity contribution in [2.75, 3.05) is 0 Å². The molecule has 2 nitrogen and oxygen atoms in total. The molecule has 2 aliphatic carbocycles. The van der Waals surface area contributed by atoms with Gasteiger partial charge in [0, 0.05) is 12.3 Å². The molecule has 0 aromatic heterocycles. The van der Waals surface area contributed by atoms with E-state index >= 15 is 0 Å².